The highest BCUT2D eigenvalue weighted by molar-refractivity contribution is 6.37. The van der Waals surface area contributed by atoms with E-state index in [0.29, 0.717) is 11.3 Å². The molecule has 33 heavy (non-hydrogen) atoms. The highest BCUT2D eigenvalue weighted by Gasteiger charge is 2.16. The summed E-state index contributed by atoms with van der Waals surface area (Å²) < 4.78 is 6.48. The molecule has 5 N–H and O–H groups in total. The van der Waals surface area contributed by atoms with Crippen LogP contribution in [0.1, 0.15) is 11.3 Å². The fourth-order valence-corrected chi connectivity index (χ4v) is 3.34. The maximum Gasteiger partial charge on any atom is 0.349 e. The molecule has 3 aromatic heterocycles. The average molecular weight is 490 g/mol. The van der Waals surface area contributed by atoms with Crippen molar-refractivity contribution in [2.75, 3.05) is 5.73 Å². The first-order chi connectivity index (χ1) is 15.7. The predicted octanol–water partition coefficient (Wildman–Crippen LogP) is 1.38. The quantitative estimate of drug-likeness (QED) is 0.321. The van der Waals surface area contributed by atoms with Crippen LogP contribution in [0.25, 0.3) is 5.69 Å². The van der Waals surface area contributed by atoms with Crippen LogP contribution in [0.4, 0.5) is 5.82 Å². The molecule has 1 aromatic carbocycles. The molecule has 0 bridgehead atoms. The third kappa shape index (κ3) is 4.71. The molecule has 12 nitrogen and oxygen atoms in total. The SMILES string of the molecule is Nc1nn(-c2cc(Cl)c(Oc3cc(Cc4ccc(O)cn4)c(=O)[nH]n3)c(Cl)c2)c(=O)[nH]c1=O. The lowest BCUT2D eigenvalue weighted by Crippen LogP contribution is -2.33. The van der Waals surface area contributed by atoms with Gasteiger partial charge in [0.2, 0.25) is 11.7 Å². The molecule has 0 unspecified atom stereocenters. The van der Waals surface area contributed by atoms with Crippen molar-refractivity contribution in [2.24, 2.45) is 0 Å². The van der Waals surface area contributed by atoms with Crippen molar-refractivity contribution in [1.29, 1.82) is 0 Å². The van der Waals surface area contributed by atoms with E-state index in [-0.39, 0.29) is 39.5 Å². The Morgan fingerprint density at radius 2 is 1.82 bits per heavy atom. The minimum absolute atomic E-state index is 0.000728. The van der Waals surface area contributed by atoms with Gasteiger partial charge in [0.1, 0.15) is 5.75 Å². The van der Waals surface area contributed by atoms with Crippen LogP contribution in [0, 0.1) is 0 Å². The molecule has 4 rings (SSSR count). The fraction of sp³-hybridized carbons (Fsp3) is 0.0526. The molecule has 0 aliphatic heterocycles. The van der Waals surface area contributed by atoms with Gasteiger partial charge in [0.25, 0.3) is 11.1 Å². The Morgan fingerprint density at radius 3 is 2.48 bits per heavy atom. The molecular formula is C19H13Cl2N7O5. The number of rotatable bonds is 5. The topological polar surface area (TPSA) is 182 Å². The Bertz CT molecular complexity index is 1510. The van der Waals surface area contributed by atoms with Crippen LogP contribution in [0.2, 0.25) is 10.0 Å². The van der Waals surface area contributed by atoms with Crippen molar-refractivity contribution < 1.29 is 9.84 Å². The summed E-state index contributed by atoms with van der Waals surface area (Å²) in [7, 11) is 0. The Balaban J connectivity index is 1.65. The van der Waals surface area contributed by atoms with E-state index in [1.807, 2.05) is 4.98 Å². The number of ether oxygens (including phenoxy) is 1. The van der Waals surface area contributed by atoms with E-state index in [4.69, 9.17) is 33.7 Å². The van der Waals surface area contributed by atoms with E-state index in [9.17, 15) is 19.5 Å². The Labute approximate surface area is 193 Å². The molecule has 0 saturated carbocycles. The third-order valence-corrected chi connectivity index (χ3v) is 4.89. The number of nitrogens with zero attached hydrogens (tertiary/aromatic N) is 4. The number of nitrogen functional groups attached to an aromatic ring is 1. The number of aromatic amines is 2. The number of aromatic nitrogens is 6. The van der Waals surface area contributed by atoms with E-state index >= 15 is 0 Å². The summed E-state index contributed by atoms with van der Waals surface area (Å²) in [6.07, 6.45) is 1.41. The minimum Gasteiger partial charge on any atom is -0.506 e. The van der Waals surface area contributed by atoms with Crippen molar-refractivity contribution in [1.82, 2.24) is 29.9 Å². The molecule has 0 atom stereocenters. The molecule has 4 aromatic rings. The van der Waals surface area contributed by atoms with Crippen LogP contribution in [0.15, 0.2) is 50.9 Å². The Kier molecular flexibility index (Phi) is 5.85. The summed E-state index contributed by atoms with van der Waals surface area (Å²) >= 11 is 12.6. The summed E-state index contributed by atoms with van der Waals surface area (Å²) in [6, 6.07) is 7.06. The molecule has 14 heteroatoms. The number of benzene rings is 1. The smallest absolute Gasteiger partial charge is 0.349 e. The average Bonchev–Trinajstić information content (AvgIpc) is 2.77. The van der Waals surface area contributed by atoms with E-state index in [2.05, 4.69) is 20.3 Å². The van der Waals surface area contributed by atoms with Crippen molar-refractivity contribution in [3.8, 4) is 23.1 Å². The zero-order chi connectivity index (χ0) is 23.7. The second-order valence-electron chi connectivity index (χ2n) is 6.64. The van der Waals surface area contributed by atoms with Gasteiger partial charge in [0.05, 0.1) is 21.9 Å². The molecule has 168 valence electrons. The number of halogens is 2. The van der Waals surface area contributed by atoms with Gasteiger partial charge in [-0.25, -0.2) is 9.89 Å². The van der Waals surface area contributed by atoms with Crippen molar-refractivity contribution in [3.63, 3.8) is 0 Å². The minimum atomic E-state index is -0.843. The number of aromatic hydroxyl groups is 1. The van der Waals surface area contributed by atoms with Gasteiger partial charge >= 0.3 is 5.69 Å². The number of nitrogens with one attached hydrogen (secondary N) is 2. The van der Waals surface area contributed by atoms with Crippen LogP contribution in [-0.4, -0.2) is 35.1 Å². The molecule has 0 saturated heterocycles. The standard InChI is InChI=1S/C19H13Cl2N7O5/c20-12-5-10(28-19(32)24-18(31)16(22)27-28)6-13(21)15(12)33-14-4-8(17(30)26-25-14)3-9-1-2-11(29)7-23-9/h1-2,4-7,29H,3H2,(H2,22,27)(H,26,30)(H,24,31,32). The van der Waals surface area contributed by atoms with E-state index in [1.165, 1.54) is 30.5 Å². The third-order valence-electron chi connectivity index (χ3n) is 4.33. The molecule has 0 radical (unpaired) electrons. The summed E-state index contributed by atoms with van der Waals surface area (Å²) in [5, 5.41) is 19.2. The van der Waals surface area contributed by atoms with Crippen LogP contribution < -0.4 is 27.3 Å². The van der Waals surface area contributed by atoms with Gasteiger partial charge in [0.15, 0.2) is 5.75 Å². The van der Waals surface area contributed by atoms with E-state index in [1.54, 1.807) is 6.07 Å². The summed E-state index contributed by atoms with van der Waals surface area (Å²) in [5.41, 5.74) is 4.30. The van der Waals surface area contributed by atoms with Gasteiger partial charge in [-0.15, -0.1) is 10.2 Å². The highest BCUT2D eigenvalue weighted by atomic mass is 35.5. The first-order valence-corrected chi connectivity index (χ1v) is 9.86. The summed E-state index contributed by atoms with van der Waals surface area (Å²) in [4.78, 5) is 41.7. The molecule has 0 fully saturated rings. The number of anilines is 1. The van der Waals surface area contributed by atoms with Gasteiger partial charge in [0, 0.05) is 23.7 Å². The molecule has 3 heterocycles. The molecule has 0 aliphatic rings. The zero-order valence-corrected chi connectivity index (χ0v) is 17.9. The molecular weight excluding hydrogens is 477 g/mol. The fourth-order valence-electron chi connectivity index (χ4n) is 2.78. The number of nitrogens with two attached hydrogens (primary N) is 1. The summed E-state index contributed by atoms with van der Waals surface area (Å²) in [5.74, 6) is -0.430. The first kappa shape index (κ1) is 22.0. The van der Waals surface area contributed by atoms with Crippen LogP contribution in [0.3, 0.4) is 0 Å². The lowest BCUT2D eigenvalue weighted by atomic mass is 10.1. The maximum absolute atomic E-state index is 12.1. The number of H-pyrrole nitrogens is 2. The Hall–Kier alpha value is -4.16. The molecule has 0 spiro atoms. The van der Waals surface area contributed by atoms with E-state index < -0.39 is 22.6 Å². The zero-order valence-electron chi connectivity index (χ0n) is 16.4. The van der Waals surface area contributed by atoms with E-state index in [0.717, 1.165) is 4.68 Å². The maximum atomic E-state index is 12.1. The predicted molar refractivity (Wildman–Crippen MR) is 119 cm³/mol. The Morgan fingerprint density at radius 1 is 1.09 bits per heavy atom. The lowest BCUT2D eigenvalue weighted by molar-refractivity contribution is 0.453. The highest BCUT2D eigenvalue weighted by Crippen LogP contribution is 2.37. The van der Waals surface area contributed by atoms with Gasteiger partial charge in [-0.3, -0.25) is 19.6 Å². The normalized spacial score (nSPS) is 10.8. The molecule has 0 aliphatic carbocycles. The van der Waals surface area contributed by atoms with Gasteiger partial charge in [-0.1, -0.05) is 23.2 Å². The van der Waals surface area contributed by atoms with Gasteiger partial charge in [-0.2, -0.15) is 4.68 Å². The second-order valence-corrected chi connectivity index (χ2v) is 7.46. The van der Waals surface area contributed by atoms with Crippen molar-refractivity contribution in [2.45, 2.75) is 6.42 Å². The van der Waals surface area contributed by atoms with Crippen LogP contribution in [0.5, 0.6) is 17.4 Å². The van der Waals surface area contributed by atoms with Crippen LogP contribution >= 0.6 is 23.2 Å². The first-order valence-electron chi connectivity index (χ1n) is 9.10. The number of pyridine rings is 1. The van der Waals surface area contributed by atoms with Gasteiger partial charge < -0.3 is 15.6 Å². The monoisotopic (exact) mass is 489 g/mol. The number of hydrogen-bond acceptors (Lipinski definition) is 9. The lowest BCUT2D eigenvalue weighted by Gasteiger charge is -2.12. The van der Waals surface area contributed by atoms with Crippen LogP contribution in [-0.2, 0) is 6.42 Å². The van der Waals surface area contributed by atoms with Crippen molar-refractivity contribution >= 4 is 29.0 Å². The number of hydrogen-bond donors (Lipinski definition) is 4. The summed E-state index contributed by atoms with van der Waals surface area (Å²) in [6.45, 7) is 0. The second kappa shape index (κ2) is 8.76. The largest absolute Gasteiger partial charge is 0.506 e. The molecule has 0 amide bonds. The van der Waals surface area contributed by atoms with Crippen molar-refractivity contribution in [3.05, 3.63) is 89.0 Å². The van der Waals surface area contributed by atoms with Gasteiger partial charge in [-0.05, 0) is 24.3 Å².